The van der Waals surface area contributed by atoms with Crippen LogP contribution in [0.3, 0.4) is 0 Å². The quantitative estimate of drug-likeness (QED) is 0.701. The van der Waals surface area contributed by atoms with E-state index in [1.807, 2.05) is 11.3 Å². The van der Waals surface area contributed by atoms with Crippen LogP contribution in [0.25, 0.3) is 0 Å². The minimum Gasteiger partial charge on any atom is -0.496 e. The number of benzene rings is 1. The lowest BCUT2D eigenvalue weighted by Gasteiger charge is -2.30. The van der Waals surface area contributed by atoms with E-state index in [1.54, 1.807) is 7.11 Å². The molecule has 4 nitrogen and oxygen atoms in total. The lowest BCUT2D eigenvalue weighted by Crippen LogP contribution is -2.35. The molecule has 0 N–H and O–H groups in total. The molecular formula is C23H32N2O2S. The summed E-state index contributed by atoms with van der Waals surface area (Å²) in [4.78, 5) is 6.67. The molecule has 5 heteroatoms. The molecule has 0 bridgehead atoms. The molecular weight excluding hydrogens is 368 g/mol. The van der Waals surface area contributed by atoms with Crippen molar-refractivity contribution >= 4 is 11.3 Å². The van der Waals surface area contributed by atoms with E-state index in [9.17, 15) is 0 Å². The predicted octanol–water partition coefficient (Wildman–Crippen LogP) is 4.71. The van der Waals surface area contributed by atoms with Gasteiger partial charge in [-0.25, -0.2) is 0 Å². The van der Waals surface area contributed by atoms with Crippen molar-refractivity contribution in [3.8, 4) is 5.75 Å². The standard InChI is InChI=1S/C23H32N2O2S/c1-26-22-9-8-19(16-20(22)18-24-11-13-27-14-12-24)17-25-10-4-2-3-6-21(25)23-7-5-15-28-23/h5,7-9,15-16,21H,2-4,6,10-14,17-18H2,1H3/t21-/m0/s1. The van der Waals surface area contributed by atoms with Gasteiger partial charge in [-0.05, 0) is 48.5 Å². The Kier molecular flexibility index (Phi) is 7.02. The summed E-state index contributed by atoms with van der Waals surface area (Å²) in [5.74, 6) is 1.00. The Balaban J connectivity index is 1.51. The van der Waals surface area contributed by atoms with Crippen molar-refractivity contribution in [2.24, 2.45) is 0 Å². The maximum absolute atomic E-state index is 5.66. The second-order valence-electron chi connectivity index (χ2n) is 7.89. The average molecular weight is 401 g/mol. The maximum atomic E-state index is 5.66. The van der Waals surface area contributed by atoms with E-state index in [4.69, 9.17) is 9.47 Å². The zero-order chi connectivity index (χ0) is 19.2. The lowest BCUT2D eigenvalue weighted by atomic mass is 10.1. The second-order valence-corrected chi connectivity index (χ2v) is 8.87. The average Bonchev–Trinajstić information content (AvgIpc) is 3.16. The van der Waals surface area contributed by atoms with Gasteiger partial charge in [-0.15, -0.1) is 11.3 Å². The zero-order valence-electron chi connectivity index (χ0n) is 16.9. The highest BCUT2D eigenvalue weighted by atomic mass is 32.1. The van der Waals surface area contributed by atoms with E-state index >= 15 is 0 Å². The summed E-state index contributed by atoms with van der Waals surface area (Å²) >= 11 is 1.91. The lowest BCUT2D eigenvalue weighted by molar-refractivity contribution is 0.0338. The maximum Gasteiger partial charge on any atom is 0.123 e. The fourth-order valence-electron chi connectivity index (χ4n) is 4.45. The molecule has 1 atom stereocenters. The number of nitrogens with zero attached hydrogens (tertiary/aromatic N) is 2. The monoisotopic (exact) mass is 400 g/mol. The number of morpholine rings is 1. The topological polar surface area (TPSA) is 24.9 Å². The third kappa shape index (κ3) is 4.95. The first-order valence-electron chi connectivity index (χ1n) is 10.6. The molecule has 4 rings (SSSR count). The van der Waals surface area contributed by atoms with Gasteiger partial charge in [-0.2, -0.15) is 0 Å². The van der Waals surface area contributed by atoms with Gasteiger partial charge in [0.2, 0.25) is 0 Å². The van der Waals surface area contributed by atoms with Crippen LogP contribution in [0.2, 0.25) is 0 Å². The number of thiophene rings is 1. The van der Waals surface area contributed by atoms with E-state index in [0.717, 1.165) is 45.1 Å². The van der Waals surface area contributed by atoms with Gasteiger partial charge < -0.3 is 9.47 Å². The van der Waals surface area contributed by atoms with Gasteiger partial charge >= 0.3 is 0 Å². The molecule has 152 valence electrons. The molecule has 2 saturated heterocycles. The number of hydrogen-bond donors (Lipinski definition) is 0. The van der Waals surface area contributed by atoms with E-state index in [0.29, 0.717) is 6.04 Å². The summed E-state index contributed by atoms with van der Waals surface area (Å²) in [5.41, 5.74) is 2.69. The minimum atomic E-state index is 0.562. The van der Waals surface area contributed by atoms with Crippen LogP contribution in [0, 0.1) is 0 Å². The van der Waals surface area contributed by atoms with E-state index in [-0.39, 0.29) is 0 Å². The molecule has 0 radical (unpaired) electrons. The van der Waals surface area contributed by atoms with Gasteiger partial charge in [0.1, 0.15) is 5.75 Å². The fraction of sp³-hybridized carbons (Fsp3) is 0.565. The third-order valence-electron chi connectivity index (χ3n) is 5.96. The summed E-state index contributed by atoms with van der Waals surface area (Å²) in [5, 5.41) is 2.21. The number of hydrogen-bond acceptors (Lipinski definition) is 5. The van der Waals surface area contributed by atoms with Crippen LogP contribution in [-0.4, -0.2) is 49.8 Å². The Labute approximate surface area is 173 Å². The van der Waals surface area contributed by atoms with Gasteiger partial charge in [-0.1, -0.05) is 25.0 Å². The van der Waals surface area contributed by atoms with Crippen molar-refractivity contribution < 1.29 is 9.47 Å². The Hall–Kier alpha value is -1.40. The minimum absolute atomic E-state index is 0.562. The molecule has 0 unspecified atom stereocenters. The van der Waals surface area contributed by atoms with Crippen LogP contribution >= 0.6 is 11.3 Å². The van der Waals surface area contributed by atoms with Crippen LogP contribution in [0.5, 0.6) is 5.75 Å². The molecule has 0 spiro atoms. The van der Waals surface area contributed by atoms with Gasteiger partial charge in [-0.3, -0.25) is 9.80 Å². The van der Waals surface area contributed by atoms with Gasteiger partial charge in [0.05, 0.1) is 20.3 Å². The molecule has 1 aromatic heterocycles. The Morgan fingerprint density at radius 1 is 1.07 bits per heavy atom. The van der Waals surface area contributed by atoms with Crippen molar-refractivity contribution in [2.75, 3.05) is 40.0 Å². The SMILES string of the molecule is COc1ccc(CN2CCCCC[C@H]2c2cccs2)cc1CN1CCOCC1. The Bertz CT molecular complexity index is 728. The first-order chi connectivity index (χ1) is 13.8. The number of methoxy groups -OCH3 is 1. The van der Waals surface area contributed by atoms with Crippen molar-refractivity contribution in [1.82, 2.24) is 9.80 Å². The Morgan fingerprint density at radius 2 is 1.96 bits per heavy atom. The second kappa shape index (κ2) is 9.88. The molecule has 3 heterocycles. The Morgan fingerprint density at radius 3 is 2.75 bits per heavy atom. The molecule has 2 aliphatic heterocycles. The summed E-state index contributed by atoms with van der Waals surface area (Å²) in [6.07, 6.45) is 5.27. The van der Waals surface area contributed by atoms with Crippen molar-refractivity contribution in [3.05, 3.63) is 51.7 Å². The molecule has 28 heavy (non-hydrogen) atoms. The molecule has 0 amide bonds. The van der Waals surface area contributed by atoms with Crippen LogP contribution < -0.4 is 4.74 Å². The molecule has 0 aliphatic carbocycles. The van der Waals surface area contributed by atoms with Crippen molar-refractivity contribution in [2.45, 2.75) is 44.8 Å². The molecule has 1 aromatic carbocycles. The van der Waals surface area contributed by atoms with Crippen LogP contribution in [0.4, 0.5) is 0 Å². The van der Waals surface area contributed by atoms with Crippen LogP contribution in [0.15, 0.2) is 35.7 Å². The van der Waals surface area contributed by atoms with Gasteiger partial charge in [0, 0.05) is 42.7 Å². The summed E-state index contributed by atoms with van der Waals surface area (Å²) in [6, 6.07) is 11.8. The van der Waals surface area contributed by atoms with Gasteiger partial charge in [0.25, 0.3) is 0 Å². The van der Waals surface area contributed by atoms with E-state index in [1.165, 1.54) is 48.2 Å². The summed E-state index contributed by atoms with van der Waals surface area (Å²) in [6.45, 7) is 6.81. The fourth-order valence-corrected chi connectivity index (χ4v) is 5.34. The highest BCUT2D eigenvalue weighted by Crippen LogP contribution is 2.34. The first-order valence-corrected chi connectivity index (χ1v) is 11.4. The predicted molar refractivity (Wildman–Crippen MR) is 115 cm³/mol. The van der Waals surface area contributed by atoms with Crippen LogP contribution in [0.1, 0.15) is 47.7 Å². The number of rotatable bonds is 6. The summed E-state index contributed by atoms with van der Waals surface area (Å²) < 4.78 is 11.2. The normalized spacial score (nSPS) is 22.1. The smallest absolute Gasteiger partial charge is 0.123 e. The van der Waals surface area contributed by atoms with E-state index < -0.39 is 0 Å². The highest BCUT2D eigenvalue weighted by Gasteiger charge is 2.24. The van der Waals surface area contributed by atoms with Crippen LogP contribution in [-0.2, 0) is 17.8 Å². The molecule has 2 fully saturated rings. The zero-order valence-corrected chi connectivity index (χ0v) is 17.8. The first kappa shape index (κ1) is 19.9. The van der Waals surface area contributed by atoms with Crippen molar-refractivity contribution in [1.29, 1.82) is 0 Å². The van der Waals surface area contributed by atoms with E-state index in [2.05, 4.69) is 45.5 Å². The highest BCUT2D eigenvalue weighted by molar-refractivity contribution is 7.10. The number of likely N-dealkylation sites (tertiary alicyclic amines) is 1. The molecule has 2 aliphatic rings. The summed E-state index contributed by atoms with van der Waals surface area (Å²) in [7, 11) is 1.78. The number of ether oxygens (including phenoxy) is 2. The molecule has 2 aromatic rings. The third-order valence-corrected chi connectivity index (χ3v) is 6.94. The van der Waals surface area contributed by atoms with Gasteiger partial charge in [0.15, 0.2) is 0 Å². The van der Waals surface area contributed by atoms with Crippen molar-refractivity contribution in [3.63, 3.8) is 0 Å². The molecule has 0 saturated carbocycles. The largest absolute Gasteiger partial charge is 0.496 e.